The molecule has 0 saturated carbocycles. The minimum Gasteiger partial charge on any atom is -0.396 e. The first-order valence-corrected chi connectivity index (χ1v) is 7.06. The number of nitrogens with two attached hydrogens (primary N) is 1. The van der Waals surface area contributed by atoms with Crippen molar-refractivity contribution < 1.29 is 8.42 Å². The molecule has 3 N–H and O–H groups in total. The van der Waals surface area contributed by atoms with Crippen LogP contribution in [-0.2, 0) is 9.84 Å². The maximum Gasteiger partial charge on any atom is 0.149 e. The van der Waals surface area contributed by atoms with Crippen molar-refractivity contribution in [3.8, 4) is 0 Å². The molecule has 1 heterocycles. The normalized spacial score (nSPS) is 11.3. The van der Waals surface area contributed by atoms with Crippen LogP contribution in [0.2, 0.25) is 0 Å². The summed E-state index contributed by atoms with van der Waals surface area (Å²) in [4.78, 5) is 4.02. The SMILES string of the molecule is CS(=O)(=O)CCNc1ncc(Br)cc1N. The van der Waals surface area contributed by atoms with Crippen LogP contribution in [-0.4, -0.2) is 32.0 Å². The molecule has 0 radical (unpaired) electrons. The van der Waals surface area contributed by atoms with Gasteiger partial charge in [0.05, 0.1) is 11.4 Å². The minimum atomic E-state index is -2.96. The van der Waals surface area contributed by atoms with Gasteiger partial charge in [0.25, 0.3) is 0 Å². The van der Waals surface area contributed by atoms with Crippen LogP contribution in [0.3, 0.4) is 0 Å². The van der Waals surface area contributed by atoms with Crippen molar-refractivity contribution in [2.75, 3.05) is 29.6 Å². The van der Waals surface area contributed by atoms with E-state index in [-0.39, 0.29) is 5.75 Å². The lowest BCUT2D eigenvalue weighted by molar-refractivity contribution is 0.602. The molecule has 0 aliphatic carbocycles. The van der Waals surface area contributed by atoms with Crippen molar-refractivity contribution in [3.63, 3.8) is 0 Å². The average molecular weight is 294 g/mol. The minimum absolute atomic E-state index is 0.0597. The van der Waals surface area contributed by atoms with Gasteiger partial charge in [-0.1, -0.05) is 0 Å². The number of sulfone groups is 1. The number of hydrogen-bond donors (Lipinski definition) is 2. The number of rotatable bonds is 4. The van der Waals surface area contributed by atoms with Crippen LogP contribution in [0, 0.1) is 0 Å². The third-order valence-corrected chi connectivity index (χ3v) is 3.03. The van der Waals surface area contributed by atoms with Crippen LogP contribution < -0.4 is 11.1 Å². The summed E-state index contributed by atoms with van der Waals surface area (Å²) in [5, 5.41) is 2.86. The number of halogens is 1. The Hall–Kier alpha value is -0.820. The fourth-order valence-corrected chi connectivity index (χ4v) is 1.78. The van der Waals surface area contributed by atoms with Gasteiger partial charge in [-0.15, -0.1) is 0 Å². The number of nitrogens with zero attached hydrogens (tertiary/aromatic N) is 1. The smallest absolute Gasteiger partial charge is 0.149 e. The molecule has 0 fully saturated rings. The molecule has 0 aromatic carbocycles. The number of pyridine rings is 1. The van der Waals surface area contributed by atoms with E-state index in [0.29, 0.717) is 18.1 Å². The summed E-state index contributed by atoms with van der Waals surface area (Å²) >= 11 is 3.23. The third kappa shape index (κ3) is 4.48. The summed E-state index contributed by atoms with van der Waals surface area (Å²) in [5.74, 6) is 0.561. The van der Waals surface area contributed by atoms with E-state index in [4.69, 9.17) is 5.73 Å². The summed E-state index contributed by atoms with van der Waals surface area (Å²) in [7, 11) is -2.96. The van der Waals surface area contributed by atoms with Crippen LogP contribution in [0.25, 0.3) is 0 Å². The van der Waals surface area contributed by atoms with Gasteiger partial charge in [-0.2, -0.15) is 0 Å². The van der Waals surface area contributed by atoms with Crippen LogP contribution in [0.15, 0.2) is 16.7 Å². The highest BCUT2D eigenvalue weighted by molar-refractivity contribution is 9.10. The van der Waals surface area contributed by atoms with Crippen molar-refractivity contribution in [2.45, 2.75) is 0 Å². The highest BCUT2D eigenvalue weighted by atomic mass is 79.9. The van der Waals surface area contributed by atoms with Gasteiger partial charge < -0.3 is 11.1 Å². The fourth-order valence-electron chi connectivity index (χ4n) is 0.957. The summed E-state index contributed by atoms with van der Waals surface area (Å²) in [6.07, 6.45) is 2.78. The number of anilines is 2. The molecule has 15 heavy (non-hydrogen) atoms. The van der Waals surface area contributed by atoms with Crippen molar-refractivity contribution >= 4 is 37.3 Å². The van der Waals surface area contributed by atoms with E-state index in [9.17, 15) is 8.42 Å². The van der Waals surface area contributed by atoms with Crippen LogP contribution in [0.4, 0.5) is 11.5 Å². The molecular weight excluding hydrogens is 282 g/mol. The lowest BCUT2D eigenvalue weighted by Gasteiger charge is -2.07. The lowest BCUT2D eigenvalue weighted by Crippen LogP contribution is -2.15. The first-order valence-electron chi connectivity index (χ1n) is 4.21. The molecule has 1 rings (SSSR count). The Bertz CT molecular complexity index is 447. The Kier molecular flexibility index (Phi) is 3.92. The zero-order chi connectivity index (χ0) is 11.5. The maximum absolute atomic E-state index is 10.9. The standard InChI is InChI=1S/C8H12BrN3O2S/c1-15(13,14)3-2-11-8-7(10)4-6(9)5-12-8/h4-5H,2-3,10H2,1H3,(H,11,12). The zero-order valence-corrected chi connectivity index (χ0v) is 10.6. The molecule has 0 aliphatic rings. The number of nitrogens with one attached hydrogen (secondary N) is 1. The van der Waals surface area contributed by atoms with Crippen molar-refractivity contribution in [2.24, 2.45) is 0 Å². The summed E-state index contributed by atoms with van der Waals surface area (Å²) < 4.78 is 22.5. The van der Waals surface area contributed by atoms with Gasteiger partial charge in [0.15, 0.2) is 0 Å². The Morgan fingerprint density at radius 1 is 1.60 bits per heavy atom. The summed E-state index contributed by atoms with van der Waals surface area (Å²) in [6.45, 7) is 0.303. The topological polar surface area (TPSA) is 85.1 Å². The van der Waals surface area contributed by atoms with E-state index < -0.39 is 9.84 Å². The van der Waals surface area contributed by atoms with E-state index >= 15 is 0 Å². The van der Waals surface area contributed by atoms with E-state index in [2.05, 4.69) is 26.2 Å². The molecule has 84 valence electrons. The monoisotopic (exact) mass is 293 g/mol. The van der Waals surface area contributed by atoms with Crippen LogP contribution in [0.1, 0.15) is 0 Å². The number of hydrogen-bond acceptors (Lipinski definition) is 5. The van der Waals surface area contributed by atoms with E-state index in [0.717, 1.165) is 4.47 Å². The quantitative estimate of drug-likeness (QED) is 0.861. The second-order valence-electron chi connectivity index (χ2n) is 3.15. The molecule has 5 nitrogen and oxygen atoms in total. The fraction of sp³-hybridized carbons (Fsp3) is 0.375. The zero-order valence-electron chi connectivity index (χ0n) is 8.20. The van der Waals surface area contributed by atoms with Gasteiger partial charge in [-0.3, -0.25) is 0 Å². The Morgan fingerprint density at radius 3 is 2.80 bits per heavy atom. The molecule has 1 aromatic heterocycles. The molecule has 0 amide bonds. The Morgan fingerprint density at radius 2 is 2.27 bits per heavy atom. The van der Waals surface area contributed by atoms with Gasteiger partial charge >= 0.3 is 0 Å². The van der Waals surface area contributed by atoms with Gasteiger partial charge in [-0.25, -0.2) is 13.4 Å². The molecule has 7 heteroatoms. The summed E-state index contributed by atoms with van der Waals surface area (Å²) in [5.41, 5.74) is 6.15. The highest BCUT2D eigenvalue weighted by Gasteiger charge is 2.04. The van der Waals surface area contributed by atoms with E-state index in [1.54, 1.807) is 12.3 Å². The van der Waals surface area contributed by atoms with Crippen molar-refractivity contribution in [1.82, 2.24) is 4.98 Å². The van der Waals surface area contributed by atoms with Gasteiger partial charge in [-0.05, 0) is 22.0 Å². The predicted octanol–water partition coefficient (Wildman–Crippen LogP) is 0.883. The molecule has 0 aliphatic heterocycles. The predicted molar refractivity (Wildman–Crippen MR) is 64.5 cm³/mol. The Labute approximate surface area is 97.1 Å². The molecule has 0 spiro atoms. The van der Waals surface area contributed by atoms with Crippen LogP contribution in [0.5, 0.6) is 0 Å². The summed E-state index contributed by atoms with van der Waals surface area (Å²) in [6, 6.07) is 1.70. The number of aromatic nitrogens is 1. The van der Waals surface area contributed by atoms with Gasteiger partial charge in [0.2, 0.25) is 0 Å². The third-order valence-electron chi connectivity index (χ3n) is 1.65. The van der Waals surface area contributed by atoms with E-state index in [1.807, 2.05) is 0 Å². The van der Waals surface area contributed by atoms with Crippen LogP contribution >= 0.6 is 15.9 Å². The van der Waals surface area contributed by atoms with E-state index in [1.165, 1.54) is 6.26 Å². The first kappa shape index (κ1) is 12.3. The van der Waals surface area contributed by atoms with Gasteiger partial charge in [0.1, 0.15) is 15.7 Å². The molecule has 0 bridgehead atoms. The molecule has 0 unspecified atom stereocenters. The second kappa shape index (κ2) is 4.80. The first-order chi connectivity index (χ1) is 6.88. The molecule has 0 atom stereocenters. The van der Waals surface area contributed by atoms with Crippen molar-refractivity contribution in [1.29, 1.82) is 0 Å². The van der Waals surface area contributed by atoms with Gasteiger partial charge in [0, 0.05) is 23.5 Å². The largest absolute Gasteiger partial charge is 0.396 e. The Balaban J connectivity index is 2.59. The second-order valence-corrected chi connectivity index (χ2v) is 6.32. The molecule has 0 saturated heterocycles. The number of nitrogen functional groups attached to an aromatic ring is 1. The highest BCUT2D eigenvalue weighted by Crippen LogP contribution is 2.19. The van der Waals surface area contributed by atoms with Crippen molar-refractivity contribution in [3.05, 3.63) is 16.7 Å². The average Bonchev–Trinajstić information content (AvgIpc) is 2.07. The maximum atomic E-state index is 10.9. The lowest BCUT2D eigenvalue weighted by atomic mass is 10.4. The molecular formula is C8H12BrN3O2S. The molecule has 1 aromatic rings.